The Morgan fingerprint density at radius 2 is 1.79 bits per heavy atom. The number of benzene rings is 3. The summed E-state index contributed by atoms with van der Waals surface area (Å²) in [5.41, 5.74) is 1.22. The van der Waals surface area contributed by atoms with Crippen molar-refractivity contribution in [1.82, 2.24) is 0 Å². The van der Waals surface area contributed by atoms with E-state index in [1.807, 2.05) is 12.1 Å². The van der Waals surface area contributed by atoms with Gasteiger partial charge in [-0.25, -0.2) is 0 Å². The van der Waals surface area contributed by atoms with Crippen LogP contribution in [-0.4, -0.2) is 17.9 Å². The molecule has 0 fully saturated rings. The molecule has 0 heterocycles. The number of nitro benzene ring substituents is 1. The number of non-ortho nitro benzene ring substituents is 1. The van der Waals surface area contributed by atoms with Gasteiger partial charge in [0.15, 0.2) is 0 Å². The molecule has 0 aromatic heterocycles. The Hall–Kier alpha value is -3.58. The van der Waals surface area contributed by atoms with E-state index in [0.717, 1.165) is 5.56 Å². The largest absolute Gasteiger partial charge is 0.495 e. The number of anilines is 1. The molecule has 0 saturated heterocycles. The highest BCUT2D eigenvalue weighted by molar-refractivity contribution is 6.30. The van der Waals surface area contributed by atoms with E-state index in [1.54, 1.807) is 36.4 Å². The van der Waals surface area contributed by atoms with E-state index in [9.17, 15) is 14.9 Å². The fourth-order valence-electron chi connectivity index (χ4n) is 2.62. The second-order valence-corrected chi connectivity index (χ2v) is 6.44. The Labute approximate surface area is 172 Å². The van der Waals surface area contributed by atoms with Gasteiger partial charge in [0.2, 0.25) is 0 Å². The molecule has 0 aliphatic carbocycles. The fraction of sp³-hybridized carbons (Fsp3) is 0.0952. The number of hydrogen-bond acceptors (Lipinski definition) is 5. The minimum Gasteiger partial charge on any atom is -0.495 e. The number of methoxy groups -OCH3 is 1. The summed E-state index contributed by atoms with van der Waals surface area (Å²) in [4.78, 5) is 23.3. The number of hydrogen-bond donors (Lipinski definition) is 1. The molecule has 1 N–H and O–H groups in total. The zero-order chi connectivity index (χ0) is 20.8. The first kappa shape index (κ1) is 20.2. The van der Waals surface area contributed by atoms with Crippen molar-refractivity contribution in [3.05, 3.63) is 93.0 Å². The monoisotopic (exact) mass is 412 g/mol. The third-order valence-electron chi connectivity index (χ3n) is 4.08. The van der Waals surface area contributed by atoms with Gasteiger partial charge < -0.3 is 14.8 Å². The van der Waals surface area contributed by atoms with Gasteiger partial charge in [-0.3, -0.25) is 14.9 Å². The Balaban J connectivity index is 1.80. The van der Waals surface area contributed by atoms with Gasteiger partial charge in [0, 0.05) is 17.2 Å². The lowest BCUT2D eigenvalue weighted by molar-refractivity contribution is -0.384. The second-order valence-electron chi connectivity index (χ2n) is 6.01. The molecule has 0 atom stereocenters. The quantitative estimate of drug-likeness (QED) is 0.431. The summed E-state index contributed by atoms with van der Waals surface area (Å²) in [5.74, 6) is 0.211. The molecular weight excluding hydrogens is 396 g/mol. The molecule has 1 amide bonds. The number of carbonyl (C=O) groups is 1. The van der Waals surface area contributed by atoms with E-state index in [0.29, 0.717) is 16.5 Å². The number of para-hydroxylation sites is 1. The smallest absolute Gasteiger partial charge is 0.271 e. The highest BCUT2D eigenvalue weighted by Gasteiger charge is 2.17. The van der Waals surface area contributed by atoms with Crippen molar-refractivity contribution < 1.29 is 19.2 Å². The van der Waals surface area contributed by atoms with Crippen LogP contribution < -0.4 is 14.8 Å². The van der Waals surface area contributed by atoms with E-state index in [2.05, 4.69) is 5.32 Å². The minimum absolute atomic E-state index is 0.159. The van der Waals surface area contributed by atoms with Gasteiger partial charge in [0.1, 0.15) is 18.1 Å². The van der Waals surface area contributed by atoms with E-state index >= 15 is 0 Å². The normalized spacial score (nSPS) is 10.3. The topological polar surface area (TPSA) is 90.7 Å². The molecule has 0 radical (unpaired) electrons. The Bertz CT molecular complexity index is 1040. The molecule has 0 aliphatic heterocycles. The molecule has 0 spiro atoms. The maximum Gasteiger partial charge on any atom is 0.271 e. The Kier molecular flexibility index (Phi) is 6.31. The molecule has 29 heavy (non-hydrogen) atoms. The van der Waals surface area contributed by atoms with Crippen LogP contribution in [0.4, 0.5) is 11.4 Å². The maximum atomic E-state index is 12.8. The van der Waals surface area contributed by atoms with Crippen LogP contribution in [0.2, 0.25) is 5.02 Å². The van der Waals surface area contributed by atoms with Gasteiger partial charge in [-0.1, -0.05) is 35.9 Å². The zero-order valence-electron chi connectivity index (χ0n) is 15.4. The van der Waals surface area contributed by atoms with Crippen LogP contribution in [0, 0.1) is 10.1 Å². The van der Waals surface area contributed by atoms with Crippen LogP contribution >= 0.6 is 11.6 Å². The zero-order valence-corrected chi connectivity index (χ0v) is 16.2. The number of rotatable bonds is 7. The molecule has 8 heteroatoms. The predicted octanol–water partition coefficient (Wildman–Crippen LogP) is 5.09. The van der Waals surface area contributed by atoms with Gasteiger partial charge in [-0.05, 0) is 35.9 Å². The number of carbonyl (C=O) groups excluding carboxylic acids is 1. The third kappa shape index (κ3) is 5.03. The van der Waals surface area contributed by atoms with Gasteiger partial charge >= 0.3 is 0 Å². The summed E-state index contributed by atoms with van der Waals surface area (Å²) < 4.78 is 11.0. The van der Waals surface area contributed by atoms with E-state index < -0.39 is 10.8 Å². The summed E-state index contributed by atoms with van der Waals surface area (Å²) in [6.07, 6.45) is 0. The first-order valence-corrected chi connectivity index (χ1v) is 8.96. The summed E-state index contributed by atoms with van der Waals surface area (Å²) >= 11 is 5.88. The molecular formula is C21H17ClN2O5. The van der Waals surface area contributed by atoms with Gasteiger partial charge in [0.05, 0.1) is 23.3 Å². The van der Waals surface area contributed by atoms with Crippen molar-refractivity contribution >= 4 is 28.9 Å². The predicted molar refractivity (Wildman–Crippen MR) is 110 cm³/mol. The van der Waals surface area contributed by atoms with E-state index in [1.165, 1.54) is 25.3 Å². The van der Waals surface area contributed by atoms with Crippen molar-refractivity contribution in [3.8, 4) is 11.5 Å². The lowest BCUT2D eigenvalue weighted by atomic mass is 10.1. The molecule has 3 aromatic carbocycles. The molecule has 3 aromatic rings. The number of amides is 1. The van der Waals surface area contributed by atoms with Crippen LogP contribution in [0.3, 0.4) is 0 Å². The van der Waals surface area contributed by atoms with Crippen molar-refractivity contribution in [2.24, 2.45) is 0 Å². The third-order valence-corrected chi connectivity index (χ3v) is 4.33. The summed E-state index contributed by atoms with van der Waals surface area (Å²) in [6, 6.07) is 17.9. The van der Waals surface area contributed by atoms with Crippen LogP contribution in [-0.2, 0) is 6.61 Å². The lowest BCUT2D eigenvalue weighted by Gasteiger charge is -2.13. The Morgan fingerprint density at radius 1 is 1.07 bits per heavy atom. The van der Waals surface area contributed by atoms with Crippen LogP contribution in [0.25, 0.3) is 0 Å². The number of nitrogens with zero attached hydrogens (tertiary/aromatic N) is 1. The van der Waals surface area contributed by atoms with E-state index in [-0.39, 0.29) is 23.5 Å². The van der Waals surface area contributed by atoms with E-state index in [4.69, 9.17) is 21.1 Å². The Morgan fingerprint density at radius 3 is 2.48 bits per heavy atom. The number of halogens is 1. The average molecular weight is 413 g/mol. The van der Waals surface area contributed by atoms with Gasteiger partial charge in [-0.2, -0.15) is 0 Å². The van der Waals surface area contributed by atoms with Crippen LogP contribution in [0.1, 0.15) is 15.9 Å². The number of nitrogens with one attached hydrogen (secondary N) is 1. The average Bonchev–Trinajstić information content (AvgIpc) is 2.73. The molecule has 148 valence electrons. The molecule has 3 rings (SSSR count). The van der Waals surface area contributed by atoms with Crippen LogP contribution in [0.15, 0.2) is 66.7 Å². The van der Waals surface area contributed by atoms with Crippen molar-refractivity contribution in [3.63, 3.8) is 0 Å². The second kappa shape index (κ2) is 9.07. The highest BCUT2D eigenvalue weighted by Crippen LogP contribution is 2.30. The summed E-state index contributed by atoms with van der Waals surface area (Å²) in [7, 11) is 1.42. The molecule has 0 bridgehead atoms. The van der Waals surface area contributed by atoms with Crippen molar-refractivity contribution in [1.29, 1.82) is 0 Å². The lowest BCUT2D eigenvalue weighted by Crippen LogP contribution is -2.14. The standard InChI is InChI=1S/C21H17ClN2O5/c1-28-20-11-10-16(24(26)27)12-18(20)23-21(25)17-4-2-3-5-19(17)29-13-14-6-8-15(22)9-7-14/h2-12H,13H2,1H3,(H,23,25). The molecule has 0 aliphatic rings. The SMILES string of the molecule is COc1ccc([N+](=O)[O-])cc1NC(=O)c1ccccc1OCc1ccc(Cl)cc1. The van der Waals surface area contributed by atoms with Crippen molar-refractivity contribution in [2.75, 3.05) is 12.4 Å². The minimum atomic E-state index is -0.543. The first-order chi connectivity index (χ1) is 14.0. The van der Waals surface area contributed by atoms with Crippen LogP contribution in [0.5, 0.6) is 11.5 Å². The first-order valence-electron chi connectivity index (χ1n) is 8.58. The van der Waals surface area contributed by atoms with Crippen molar-refractivity contribution in [2.45, 2.75) is 6.61 Å². The summed E-state index contributed by atoms with van der Waals surface area (Å²) in [6.45, 7) is 0.252. The number of nitro groups is 1. The molecule has 0 unspecified atom stereocenters. The highest BCUT2D eigenvalue weighted by atomic mass is 35.5. The maximum absolute atomic E-state index is 12.8. The number of ether oxygens (including phenoxy) is 2. The molecule has 7 nitrogen and oxygen atoms in total. The molecule has 0 saturated carbocycles. The fourth-order valence-corrected chi connectivity index (χ4v) is 2.74. The van der Waals surface area contributed by atoms with Gasteiger partial charge in [-0.15, -0.1) is 0 Å². The summed E-state index contributed by atoms with van der Waals surface area (Å²) in [5, 5.41) is 14.3. The van der Waals surface area contributed by atoms with Gasteiger partial charge in [0.25, 0.3) is 11.6 Å².